The van der Waals surface area contributed by atoms with E-state index in [4.69, 9.17) is 0 Å². The number of carboxylic acids is 1. The van der Waals surface area contributed by atoms with Crippen LogP contribution in [0.1, 0.15) is 18.7 Å². The van der Waals surface area contributed by atoms with Crippen LogP contribution < -0.4 is 0 Å². The van der Waals surface area contributed by atoms with Crippen molar-refractivity contribution in [2.24, 2.45) is 11.8 Å². The lowest BCUT2D eigenvalue weighted by molar-refractivity contribution is -0.142. The molecule has 0 aromatic carbocycles. The molecule has 0 spiro atoms. The third-order valence-corrected chi connectivity index (χ3v) is 4.18. The average molecular weight is 278 g/mol. The number of aromatic amines is 1. The summed E-state index contributed by atoms with van der Waals surface area (Å²) in [6, 6.07) is 0. The van der Waals surface area contributed by atoms with Crippen molar-refractivity contribution >= 4 is 5.97 Å². The molecule has 1 aromatic rings. The van der Waals surface area contributed by atoms with Crippen molar-refractivity contribution < 1.29 is 9.90 Å². The van der Waals surface area contributed by atoms with Crippen molar-refractivity contribution in [3.63, 3.8) is 0 Å². The molecule has 2 heterocycles. The van der Waals surface area contributed by atoms with Gasteiger partial charge >= 0.3 is 5.97 Å². The van der Waals surface area contributed by atoms with Crippen LogP contribution in [0.25, 0.3) is 0 Å². The van der Waals surface area contributed by atoms with Crippen molar-refractivity contribution in [1.29, 1.82) is 0 Å². The van der Waals surface area contributed by atoms with Gasteiger partial charge in [0.1, 0.15) is 5.82 Å². The SMILES string of the molecule is O=C(O)C1CN(Cc2ncc[nH]2)CCN(CC2CC2)C1. The fourth-order valence-corrected chi connectivity index (χ4v) is 2.87. The predicted octanol–water partition coefficient (Wildman–Crippen LogP) is 0.638. The number of rotatable bonds is 5. The summed E-state index contributed by atoms with van der Waals surface area (Å²) in [6.45, 7) is 4.93. The van der Waals surface area contributed by atoms with Gasteiger partial charge in [-0.1, -0.05) is 0 Å². The van der Waals surface area contributed by atoms with Crippen molar-refractivity contribution in [2.75, 3.05) is 32.7 Å². The third kappa shape index (κ3) is 3.58. The Labute approximate surface area is 118 Å². The van der Waals surface area contributed by atoms with E-state index >= 15 is 0 Å². The van der Waals surface area contributed by atoms with Gasteiger partial charge in [-0.05, 0) is 18.8 Å². The zero-order valence-corrected chi connectivity index (χ0v) is 11.7. The van der Waals surface area contributed by atoms with Gasteiger partial charge < -0.3 is 15.0 Å². The normalized spacial score (nSPS) is 25.5. The summed E-state index contributed by atoms with van der Waals surface area (Å²) in [5, 5.41) is 9.40. The predicted molar refractivity (Wildman–Crippen MR) is 74.2 cm³/mol. The average Bonchev–Trinajstić information content (AvgIpc) is 3.13. The molecule has 0 radical (unpaired) electrons. The van der Waals surface area contributed by atoms with Crippen LogP contribution in [0.5, 0.6) is 0 Å². The number of carbonyl (C=O) groups is 1. The lowest BCUT2D eigenvalue weighted by atomic mass is 10.1. The summed E-state index contributed by atoms with van der Waals surface area (Å²) in [7, 11) is 0. The van der Waals surface area contributed by atoms with Crippen LogP contribution in [0.4, 0.5) is 0 Å². The van der Waals surface area contributed by atoms with Crippen LogP contribution in [-0.2, 0) is 11.3 Å². The summed E-state index contributed by atoms with van der Waals surface area (Å²) in [6.07, 6.45) is 6.16. The molecule has 2 N–H and O–H groups in total. The molecule has 1 aliphatic heterocycles. The number of nitrogens with zero attached hydrogens (tertiary/aromatic N) is 3. The topological polar surface area (TPSA) is 72.5 Å². The molecule has 3 rings (SSSR count). The summed E-state index contributed by atoms with van der Waals surface area (Å²) in [5.74, 6) is 0.731. The molecule has 1 saturated heterocycles. The zero-order valence-electron chi connectivity index (χ0n) is 11.7. The summed E-state index contributed by atoms with van der Waals surface area (Å²) in [4.78, 5) is 23.3. The van der Waals surface area contributed by atoms with Gasteiger partial charge in [0, 0.05) is 45.1 Å². The van der Waals surface area contributed by atoms with Gasteiger partial charge in [0.05, 0.1) is 12.5 Å². The number of nitrogens with one attached hydrogen (secondary N) is 1. The van der Waals surface area contributed by atoms with Gasteiger partial charge in [-0.15, -0.1) is 0 Å². The molecule has 1 saturated carbocycles. The molecule has 20 heavy (non-hydrogen) atoms. The number of hydrogen-bond acceptors (Lipinski definition) is 4. The van der Waals surface area contributed by atoms with E-state index in [-0.39, 0.29) is 5.92 Å². The molecule has 0 amide bonds. The van der Waals surface area contributed by atoms with Crippen molar-refractivity contribution in [3.8, 4) is 0 Å². The standard InChI is InChI=1S/C14H22N4O2/c19-14(20)12-8-17(7-11-1-2-11)5-6-18(9-12)10-13-15-3-4-16-13/h3-4,11-12H,1-2,5-10H2,(H,15,16)(H,19,20). The van der Waals surface area contributed by atoms with Crippen LogP contribution in [0.3, 0.4) is 0 Å². The first-order chi connectivity index (χ1) is 9.70. The first kappa shape index (κ1) is 13.6. The third-order valence-electron chi connectivity index (χ3n) is 4.18. The number of imidazole rings is 1. The first-order valence-corrected chi connectivity index (χ1v) is 7.36. The molecule has 2 fully saturated rings. The number of hydrogen-bond donors (Lipinski definition) is 2. The van der Waals surface area contributed by atoms with Crippen LogP contribution in [0.15, 0.2) is 12.4 Å². The Balaban J connectivity index is 1.62. The fourth-order valence-electron chi connectivity index (χ4n) is 2.87. The van der Waals surface area contributed by atoms with Crippen molar-refractivity contribution in [1.82, 2.24) is 19.8 Å². The van der Waals surface area contributed by atoms with E-state index in [1.807, 2.05) is 0 Å². The minimum atomic E-state index is -0.683. The Morgan fingerprint density at radius 1 is 1.35 bits per heavy atom. The van der Waals surface area contributed by atoms with Crippen molar-refractivity contribution in [3.05, 3.63) is 18.2 Å². The Hall–Kier alpha value is -1.40. The van der Waals surface area contributed by atoms with Crippen LogP contribution in [-0.4, -0.2) is 63.6 Å². The highest BCUT2D eigenvalue weighted by atomic mass is 16.4. The van der Waals surface area contributed by atoms with Crippen LogP contribution in [0.2, 0.25) is 0 Å². The molecule has 2 aliphatic rings. The zero-order chi connectivity index (χ0) is 13.9. The van der Waals surface area contributed by atoms with E-state index in [1.54, 1.807) is 12.4 Å². The fraction of sp³-hybridized carbons (Fsp3) is 0.714. The van der Waals surface area contributed by atoms with E-state index in [1.165, 1.54) is 12.8 Å². The minimum Gasteiger partial charge on any atom is -0.481 e. The highest BCUT2D eigenvalue weighted by Gasteiger charge is 2.31. The van der Waals surface area contributed by atoms with Gasteiger partial charge in [0.25, 0.3) is 0 Å². The van der Waals surface area contributed by atoms with Gasteiger partial charge in [-0.25, -0.2) is 4.98 Å². The van der Waals surface area contributed by atoms with E-state index in [0.29, 0.717) is 19.6 Å². The number of carboxylic acid groups (broad SMARTS) is 1. The second-order valence-electron chi connectivity index (χ2n) is 6.01. The van der Waals surface area contributed by atoms with Gasteiger partial charge in [-0.3, -0.25) is 9.69 Å². The number of H-pyrrole nitrogens is 1. The first-order valence-electron chi connectivity index (χ1n) is 7.36. The molecular formula is C14H22N4O2. The molecule has 1 atom stereocenters. The maximum atomic E-state index is 11.4. The van der Waals surface area contributed by atoms with Crippen LogP contribution >= 0.6 is 0 Å². The molecule has 0 bridgehead atoms. The largest absolute Gasteiger partial charge is 0.481 e. The lowest BCUT2D eigenvalue weighted by Crippen LogP contribution is -2.35. The summed E-state index contributed by atoms with van der Waals surface area (Å²) in [5.41, 5.74) is 0. The highest BCUT2D eigenvalue weighted by molar-refractivity contribution is 5.70. The Morgan fingerprint density at radius 2 is 2.10 bits per heavy atom. The van der Waals surface area contributed by atoms with E-state index in [9.17, 15) is 9.90 Å². The van der Waals surface area contributed by atoms with Gasteiger partial charge in [-0.2, -0.15) is 0 Å². The Morgan fingerprint density at radius 3 is 2.75 bits per heavy atom. The monoisotopic (exact) mass is 278 g/mol. The van der Waals surface area contributed by atoms with Gasteiger partial charge in [0.2, 0.25) is 0 Å². The van der Waals surface area contributed by atoms with Gasteiger partial charge in [0.15, 0.2) is 0 Å². The summed E-state index contributed by atoms with van der Waals surface area (Å²) < 4.78 is 0. The smallest absolute Gasteiger partial charge is 0.309 e. The molecule has 6 nitrogen and oxygen atoms in total. The Bertz CT molecular complexity index is 444. The maximum Gasteiger partial charge on any atom is 0.309 e. The molecular weight excluding hydrogens is 256 g/mol. The second-order valence-corrected chi connectivity index (χ2v) is 6.01. The lowest BCUT2D eigenvalue weighted by Gasteiger charge is -2.21. The quantitative estimate of drug-likeness (QED) is 0.827. The van der Waals surface area contributed by atoms with E-state index in [0.717, 1.165) is 31.4 Å². The molecule has 1 aromatic heterocycles. The van der Waals surface area contributed by atoms with Crippen molar-refractivity contribution in [2.45, 2.75) is 19.4 Å². The number of aliphatic carboxylic acids is 1. The molecule has 110 valence electrons. The van der Waals surface area contributed by atoms with Crippen LogP contribution in [0, 0.1) is 11.8 Å². The molecule has 1 unspecified atom stereocenters. The maximum absolute atomic E-state index is 11.4. The molecule has 6 heteroatoms. The van der Waals surface area contributed by atoms with E-state index in [2.05, 4.69) is 19.8 Å². The highest BCUT2D eigenvalue weighted by Crippen LogP contribution is 2.30. The summed E-state index contributed by atoms with van der Waals surface area (Å²) >= 11 is 0. The van der Waals surface area contributed by atoms with E-state index < -0.39 is 5.97 Å². The Kier molecular flexibility index (Phi) is 4.03. The number of aromatic nitrogens is 2. The second kappa shape index (κ2) is 5.93. The molecule has 1 aliphatic carbocycles. The minimum absolute atomic E-state index is 0.300.